The van der Waals surface area contributed by atoms with Gasteiger partial charge in [0.05, 0.1) is 19.8 Å². The van der Waals surface area contributed by atoms with Crippen molar-refractivity contribution >= 4 is 18.3 Å². The van der Waals surface area contributed by atoms with E-state index in [-0.39, 0.29) is 25.7 Å². The highest BCUT2D eigenvalue weighted by molar-refractivity contribution is 5.87. The molecule has 0 N–H and O–H groups in total. The van der Waals surface area contributed by atoms with Gasteiger partial charge in [0, 0.05) is 6.54 Å². The lowest BCUT2D eigenvalue weighted by atomic mass is 9.97. The minimum absolute atomic E-state index is 0.148. The highest BCUT2D eigenvalue weighted by Gasteiger charge is 2.24. The van der Waals surface area contributed by atoms with Crippen LogP contribution in [-0.2, 0) is 19.0 Å². The van der Waals surface area contributed by atoms with E-state index < -0.39 is 12.2 Å². The van der Waals surface area contributed by atoms with Gasteiger partial charge >= 0.3 is 12.2 Å². The monoisotopic (exact) mass is 425 g/mol. The third-order valence-corrected chi connectivity index (χ3v) is 4.47. The lowest BCUT2D eigenvalue weighted by Crippen LogP contribution is -2.39. The molecule has 1 unspecified atom stereocenters. The molecule has 170 valence electrons. The lowest BCUT2D eigenvalue weighted by Gasteiger charge is -2.20. The summed E-state index contributed by atoms with van der Waals surface area (Å²) in [6.45, 7) is 5.41. The summed E-state index contributed by atoms with van der Waals surface area (Å²) in [5, 5.41) is 8.40. The number of ether oxygens (including phenoxy) is 3. The molecule has 0 saturated heterocycles. The van der Waals surface area contributed by atoms with Gasteiger partial charge in [0.1, 0.15) is 6.61 Å². The first-order valence-electron chi connectivity index (χ1n) is 10.8. The van der Waals surface area contributed by atoms with Gasteiger partial charge < -0.3 is 14.2 Å². The summed E-state index contributed by atoms with van der Waals surface area (Å²) < 4.78 is 15.0. The van der Waals surface area contributed by atoms with Crippen molar-refractivity contribution in [1.82, 2.24) is 4.90 Å². The van der Waals surface area contributed by atoms with E-state index in [0.29, 0.717) is 26.0 Å². The second-order valence-corrected chi connectivity index (χ2v) is 6.96. The predicted octanol–water partition coefficient (Wildman–Crippen LogP) is 4.56. The van der Waals surface area contributed by atoms with Gasteiger partial charge in [0.25, 0.3) is 6.26 Å². The van der Waals surface area contributed by atoms with Crippen LogP contribution in [0.3, 0.4) is 0 Å². The molecule has 0 fully saturated rings. The highest BCUT2D eigenvalue weighted by atomic mass is 16.6. The molecule has 0 aliphatic heterocycles. The van der Waals surface area contributed by atoms with E-state index in [1.807, 2.05) is 13.8 Å². The third kappa shape index (κ3) is 14.4. The van der Waals surface area contributed by atoms with Crippen LogP contribution in [0, 0.1) is 17.4 Å². The minimum Gasteiger partial charge on any atom is -0.449 e. The lowest BCUT2D eigenvalue weighted by molar-refractivity contribution is 0.0746. The molecule has 0 bridgehead atoms. The number of amides is 2. The van der Waals surface area contributed by atoms with Crippen LogP contribution in [0.1, 0.15) is 71.6 Å². The quantitative estimate of drug-likeness (QED) is 0.145. The fourth-order valence-electron chi connectivity index (χ4n) is 2.71. The van der Waals surface area contributed by atoms with Crippen LogP contribution in [0.2, 0.25) is 0 Å². The molecule has 0 heterocycles. The van der Waals surface area contributed by atoms with Crippen molar-refractivity contribution in [1.29, 1.82) is 5.26 Å². The first kappa shape index (κ1) is 27.4. The molecule has 0 aromatic heterocycles. The maximum absolute atomic E-state index is 12.3. The molecule has 2 amide bonds. The zero-order chi connectivity index (χ0) is 22.5. The summed E-state index contributed by atoms with van der Waals surface area (Å²) in [5.41, 5.74) is 0. The second-order valence-electron chi connectivity index (χ2n) is 6.96. The second kappa shape index (κ2) is 19.7. The summed E-state index contributed by atoms with van der Waals surface area (Å²) in [7, 11) is 0. The first-order chi connectivity index (χ1) is 14.6. The largest absolute Gasteiger partial charge is 0.449 e. The van der Waals surface area contributed by atoms with Gasteiger partial charge in [-0.3, -0.25) is 0 Å². The van der Waals surface area contributed by atoms with Crippen molar-refractivity contribution in [3.8, 4) is 6.26 Å². The molecule has 0 aromatic carbocycles. The maximum Gasteiger partial charge on any atom is 0.419 e. The van der Waals surface area contributed by atoms with Crippen molar-refractivity contribution in [2.24, 2.45) is 10.9 Å². The number of nitrogens with zero attached hydrogens (tertiary/aromatic N) is 3. The number of unbranched alkanes of at least 4 members (excludes halogenated alkanes) is 3. The van der Waals surface area contributed by atoms with E-state index in [2.05, 4.69) is 9.73 Å². The van der Waals surface area contributed by atoms with Crippen LogP contribution in [0.5, 0.6) is 0 Å². The van der Waals surface area contributed by atoms with Gasteiger partial charge in [-0.1, -0.05) is 33.1 Å². The highest BCUT2D eigenvalue weighted by Crippen LogP contribution is 2.16. The summed E-state index contributed by atoms with van der Waals surface area (Å²) in [4.78, 5) is 39.6. The zero-order valence-corrected chi connectivity index (χ0v) is 18.3. The molecule has 0 rings (SSSR count). The number of isocyanates is 1. The Kier molecular flexibility index (Phi) is 18.0. The number of nitriles is 1. The predicted molar refractivity (Wildman–Crippen MR) is 110 cm³/mol. The average molecular weight is 426 g/mol. The van der Waals surface area contributed by atoms with Gasteiger partial charge in [0.15, 0.2) is 0 Å². The fraction of sp³-hybridized carbons (Fsp3) is 0.810. The Balaban J connectivity index is 4.57. The summed E-state index contributed by atoms with van der Waals surface area (Å²) >= 11 is 0. The van der Waals surface area contributed by atoms with E-state index in [4.69, 9.17) is 14.7 Å². The molecule has 0 aliphatic rings. The summed E-state index contributed by atoms with van der Waals surface area (Å²) in [5.74, 6) is 0.148. The normalized spacial score (nSPS) is 11.0. The molecule has 0 saturated carbocycles. The topological polar surface area (TPSA) is 118 Å². The average Bonchev–Trinajstić information content (AvgIpc) is 2.74. The van der Waals surface area contributed by atoms with Crippen LogP contribution in [0.25, 0.3) is 0 Å². The molecule has 0 spiro atoms. The minimum atomic E-state index is -0.680. The van der Waals surface area contributed by atoms with Crippen molar-refractivity contribution in [3.05, 3.63) is 0 Å². The summed E-state index contributed by atoms with van der Waals surface area (Å²) in [6.07, 6.45) is 8.59. The number of imide groups is 1. The number of hydrogen-bond donors (Lipinski definition) is 0. The van der Waals surface area contributed by atoms with Gasteiger partial charge in [0.2, 0.25) is 6.08 Å². The van der Waals surface area contributed by atoms with Crippen molar-refractivity contribution < 1.29 is 28.6 Å². The molecule has 0 aromatic rings. The Labute approximate surface area is 179 Å². The smallest absolute Gasteiger partial charge is 0.419 e. The van der Waals surface area contributed by atoms with E-state index in [0.717, 1.165) is 49.8 Å². The third-order valence-electron chi connectivity index (χ3n) is 4.47. The Bertz CT molecular complexity index is 535. The number of carbonyl (C=O) groups is 2. The molecule has 9 heteroatoms. The maximum atomic E-state index is 12.3. The Hall–Kier alpha value is -2.59. The van der Waals surface area contributed by atoms with Crippen LogP contribution in [-0.4, -0.2) is 56.1 Å². The number of rotatable bonds is 17. The Morgan fingerprint density at radius 1 is 0.933 bits per heavy atom. The Morgan fingerprint density at radius 3 is 2.07 bits per heavy atom. The number of carbonyl (C=O) groups excluding carboxylic acids is 3. The Morgan fingerprint density at radius 2 is 1.53 bits per heavy atom. The van der Waals surface area contributed by atoms with Gasteiger partial charge in [-0.2, -0.15) is 5.26 Å². The van der Waals surface area contributed by atoms with Crippen LogP contribution < -0.4 is 0 Å². The zero-order valence-electron chi connectivity index (χ0n) is 18.3. The molecule has 1 atom stereocenters. The van der Waals surface area contributed by atoms with Crippen molar-refractivity contribution in [2.45, 2.75) is 71.6 Å². The number of hydrogen-bond acceptors (Lipinski definition) is 8. The van der Waals surface area contributed by atoms with E-state index in [1.54, 1.807) is 12.3 Å². The summed E-state index contributed by atoms with van der Waals surface area (Å²) in [6, 6.07) is 0. The van der Waals surface area contributed by atoms with Gasteiger partial charge in [-0.05, 0) is 44.4 Å². The molecule has 9 nitrogen and oxygen atoms in total. The SMILES string of the molecule is CCCCOC(=O)N(CCCCC(CCCOC#N)CN=C=O)C(=O)OCCCC. The van der Waals surface area contributed by atoms with Crippen molar-refractivity contribution in [2.75, 3.05) is 32.9 Å². The van der Waals surface area contributed by atoms with E-state index in [9.17, 15) is 14.4 Å². The number of aliphatic imine (C=N–C) groups is 1. The molecular formula is C21H35N3O6. The fourth-order valence-corrected chi connectivity index (χ4v) is 2.71. The first-order valence-corrected chi connectivity index (χ1v) is 10.8. The molecular weight excluding hydrogens is 390 g/mol. The van der Waals surface area contributed by atoms with Crippen LogP contribution in [0.15, 0.2) is 4.99 Å². The van der Waals surface area contributed by atoms with Gasteiger partial charge in [-0.25, -0.2) is 24.3 Å². The van der Waals surface area contributed by atoms with Crippen LogP contribution in [0.4, 0.5) is 9.59 Å². The molecule has 0 radical (unpaired) electrons. The van der Waals surface area contributed by atoms with E-state index in [1.165, 1.54) is 0 Å². The molecule has 0 aliphatic carbocycles. The standard InChI is InChI=1S/C21H35N3O6/c1-3-5-14-29-20(26)24(21(27)30-15-6-4-2)12-8-7-10-19(16-23-18-25)11-9-13-28-17-22/h19H,3-16H2,1-2H3. The van der Waals surface area contributed by atoms with Crippen LogP contribution >= 0.6 is 0 Å². The van der Waals surface area contributed by atoms with Gasteiger partial charge in [-0.15, -0.1) is 0 Å². The van der Waals surface area contributed by atoms with E-state index >= 15 is 0 Å². The van der Waals surface area contributed by atoms with Crippen molar-refractivity contribution in [3.63, 3.8) is 0 Å². The molecule has 30 heavy (non-hydrogen) atoms.